The Kier molecular flexibility index (Phi) is 6.01. The van der Waals surface area contributed by atoms with E-state index in [0.29, 0.717) is 30.5 Å². The summed E-state index contributed by atoms with van der Waals surface area (Å²) in [6.07, 6.45) is 1.69. The number of benzene rings is 2. The molecular formula is C21H20BrFN4O2. The zero-order chi connectivity index (χ0) is 20.2. The first-order valence-corrected chi connectivity index (χ1v) is 10.2. The third-order valence-corrected chi connectivity index (χ3v) is 5.37. The number of hydrogen-bond acceptors (Lipinski definition) is 5. The number of rotatable bonds is 5. The van der Waals surface area contributed by atoms with Gasteiger partial charge < -0.3 is 9.84 Å². The highest BCUT2D eigenvalue weighted by Crippen LogP contribution is 2.23. The van der Waals surface area contributed by atoms with Crippen molar-refractivity contribution in [2.75, 3.05) is 18.4 Å². The molecule has 1 aliphatic heterocycles. The third-order valence-electron chi connectivity index (χ3n) is 4.88. The van der Waals surface area contributed by atoms with E-state index in [-0.39, 0.29) is 17.6 Å². The van der Waals surface area contributed by atoms with Gasteiger partial charge in [-0.2, -0.15) is 4.98 Å². The van der Waals surface area contributed by atoms with E-state index in [1.165, 1.54) is 12.1 Å². The first kappa shape index (κ1) is 19.7. The van der Waals surface area contributed by atoms with Gasteiger partial charge in [0.1, 0.15) is 5.82 Å². The number of nitrogens with zero attached hydrogens (tertiary/aromatic N) is 3. The maximum atomic E-state index is 13.3. The number of amides is 1. The molecule has 150 valence electrons. The molecule has 2 aromatic carbocycles. The molecule has 0 aliphatic carbocycles. The van der Waals surface area contributed by atoms with Gasteiger partial charge in [-0.05, 0) is 49.7 Å². The van der Waals surface area contributed by atoms with E-state index >= 15 is 0 Å². The van der Waals surface area contributed by atoms with Gasteiger partial charge in [0.15, 0.2) is 0 Å². The molecule has 1 saturated heterocycles. The molecule has 0 spiro atoms. The number of carbonyl (C=O) groups excluding carboxylic acids is 1. The van der Waals surface area contributed by atoms with Crippen molar-refractivity contribution in [1.82, 2.24) is 15.0 Å². The van der Waals surface area contributed by atoms with Crippen molar-refractivity contribution in [1.29, 1.82) is 0 Å². The zero-order valence-electron chi connectivity index (χ0n) is 15.6. The van der Waals surface area contributed by atoms with E-state index in [1.54, 1.807) is 12.1 Å². The van der Waals surface area contributed by atoms with Gasteiger partial charge >= 0.3 is 0 Å². The van der Waals surface area contributed by atoms with Gasteiger partial charge in [-0.25, -0.2) is 4.39 Å². The molecule has 1 aromatic heterocycles. The highest BCUT2D eigenvalue weighted by atomic mass is 79.9. The Bertz CT molecular complexity index is 1010. The fourth-order valence-corrected chi connectivity index (χ4v) is 3.88. The smallest absolute Gasteiger partial charge is 0.241 e. The highest BCUT2D eigenvalue weighted by molar-refractivity contribution is 9.10. The summed E-state index contributed by atoms with van der Waals surface area (Å²) in [7, 11) is 0. The lowest BCUT2D eigenvalue weighted by atomic mass is 9.97. The Labute approximate surface area is 176 Å². The van der Waals surface area contributed by atoms with Gasteiger partial charge in [0.25, 0.3) is 0 Å². The fraction of sp³-hybridized carbons (Fsp3) is 0.286. The second-order valence-electron chi connectivity index (χ2n) is 7.10. The van der Waals surface area contributed by atoms with Crippen molar-refractivity contribution in [2.45, 2.75) is 19.4 Å². The Morgan fingerprint density at radius 2 is 2.14 bits per heavy atom. The van der Waals surface area contributed by atoms with E-state index in [2.05, 4.69) is 36.3 Å². The van der Waals surface area contributed by atoms with Crippen LogP contribution < -0.4 is 5.32 Å². The predicted molar refractivity (Wildman–Crippen MR) is 110 cm³/mol. The van der Waals surface area contributed by atoms with Gasteiger partial charge in [-0.1, -0.05) is 39.3 Å². The van der Waals surface area contributed by atoms with Crippen molar-refractivity contribution in [3.8, 4) is 11.4 Å². The average molecular weight is 459 g/mol. The molecule has 1 unspecified atom stereocenters. The van der Waals surface area contributed by atoms with Crippen LogP contribution in [0.4, 0.5) is 10.1 Å². The molecular weight excluding hydrogens is 439 g/mol. The molecule has 29 heavy (non-hydrogen) atoms. The van der Waals surface area contributed by atoms with Crippen LogP contribution in [0.15, 0.2) is 57.5 Å². The summed E-state index contributed by atoms with van der Waals surface area (Å²) in [6, 6.07) is 13.6. The second kappa shape index (κ2) is 8.84. The lowest BCUT2D eigenvalue weighted by Gasteiger charge is -2.30. The van der Waals surface area contributed by atoms with Crippen LogP contribution in [0.1, 0.15) is 18.7 Å². The van der Waals surface area contributed by atoms with Crippen molar-refractivity contribution in [3.63, 3.8) is 0 Å². The van der Waals surface area contributed by atoms with E-state index in [4.69, 9.17) is 4.52 Å². The van der Waals surface area contributed by atoms with E-state index < -0.39 is 0 Å². The van der Waals surface area contributed by atoms with Crippen LogP contribution in [-0.4, -0.2) is 34.0 Å². The lowest BCUT2D eigenvalue weighted by molar-refractivity contribution is -0.121. The van der Waals surface area contributed by atoms with Crippen LogP contribution >= 0.6 is 15.9 Å². The Balaban J connectivity index is 1.37. The molecule has 1 fully saturated rings. The number of aromatic nitrogens is 2. The molecule has 8 heteroatoms. The summed E-state index contributed by atoms with van der Waals surface area (Å²) in [5.41, 5.74) is 1.35. The number of carbonyl (C=O) groups is 1. The zero-order valence-corrected chi connectivity index (χ0v) is 17.2. The highest BCUT2D eigenvalue weighted by Gasteiger charge is 2.27. The molecule has 0 radical (unpaired) electrons. The van der Waals surface area contributed by atoms with Crippen molar-refractivity contribution in [2.24, 2.45) is 5.92 Å². The van der Waals surface area contributed by atoms with E-state index in [1.807, 2.05) is 24.3 Å². The number of piperidine rings is 1. The van der Waals surface area contributed by atoms with Crippen molar-refractivity contribution in [3.05, 3.63) is 64.7 Å². The Morgan fingerprint density at radius 3 is 2.97 bits per heavy atom. The van der Waals surface area contributed by atoms with Gasteiger partial charge in [-0.3, -0.25) is 9.69 Å². The van der Waals surface area contributed by atoms with Gasteiger partial charge in [0.05, 0.1) is 12.5 Å². The van der Waals surface area contributed by atoms with Crippen LogP contribution in [0.25, 0.3) is 11.4 Å². The van der Waals surface area contributed by atoms with Gasteiger partial charge in [0, 0.05) is 22.3 Å². The predicted octanol–water partition coefficient (Wildman–Crippen LogP) is 4.49. The van der Waals surface area contributed by atoms with Crippen LogP contribution in [-0.2, 0) is 11.3 Å². The van der Waals surface area contributed by atoms with E-state index in [9.17, 15) is 9.18 Å². The molecule has 1 amide bonds. The summed E-state index contributed by atoms with van der Waals surface area (Å²) in [5, 5.41) is 6.87. The number of anilines is 1. The molecule has 1 aliphatic rings. The van der Waals surface area contributed by atoms with Crippen LogP contribution in [0, 0.1) is 11.7 Å². The van der Waals surface area contributed by atoms with E-state index in [0.717, 1.165) is 29.4 Å². The quantitative estimate of drug-likeness (QED) is 0.609. The van der Waals surface area contributed by atoms with Crippen LogP contribution in [0.5, 0.6) is 0 Å². The second-order valence-corrected chi connectivity index (χ2v) is 8.01. The number of likely N-dealkylation sites (tertiary alicyclic amines) is 1. The molecule has 0 bridgehead atoms. The summed E-state index contributed by atoms with van der Waals surface area (Å²) in [5.74, 6) is 0.427. The van der Waals surface area contributed by atoms with Crippen LogP contribution in [0.2, 0.25) is 0 Å². The summed E-state index contributed by atoms with van der Waals surface area (Å²) in [6.45, 7) is 1.94. The first-order valence-electron chi connectivity index (χ1n) is 9.44. The van der Waals surface area contributed by atoms with Gasteiger partial charge in [-0.15, -0.1) is 0 Å². The third kappa shape index (κ3) is 5.07. The minimum atomic E-state index is -0.370. The Hall–Kier alpha value is -2.58. The lowest BCUT2D eigenvalue weighted by Crippen LogP contribution is -2.40. The van der Waals surface area contributed by atoms with Crippen molar-refractivity contribution < 1.29 is 13.7 Å². The monoisotopic (exact) mass is 458 g/mol. The van der Waals surface area contributed by atoms with Gasteiger partial charge in [0.2, 0.25) is 17.6 Å². The summed E-state index contributed by atoms with van der Waals surface area (Å²) < 4.78 is 19.7. The minimum Gasteiger partial charge on any atom is -0.338 e. The number of halogens is 2. The molecule has 1 N–H and O–H groups in total. The maximum Gasteiger partial charge on any atom is 0.241 e. The average Bonchev–Trinajstić information content (AvgIpc) is 3.17. The molecule has 1 atom stereocenters. The normalized spacial score (nSPS) is 17.2. The fourth-order valence-electron chi connectivity index (χ4n) is 3.48. The number of hydrogen-bond donors (Lipinski definition) is 1. The molecule has 6 nitrogen and oxygen atoms in total. The Morgan fingerprint density at radius 1 is 1.28 bits per heavy atom. The summed E-state index contributed by atoms with van der Waals surface area (Å²) in [4.78, 5) is 19.2. The molecule has 4 rings (SSSR count). The standard InChI is InChI=1S/C21H20BrFN4O2/c22-16-6-1-4-14(10-16)20-25-19(29-26-20)13-27-9-3-5-15(12-27)21(28)24-18-8-2-7-17(23)11-18/h1-2,4,6-8,10-11,15H,3,5,9,12-13H2,(H,24,28). The van der Waals surface area contributed by atoms with Crippen LogP contribution in [0.3, 0.4) is 0 Å². The number of nitrogens with one attached hydrogen (secondary N) is 1. The first-order chi connectivity index (χ1) is 14.1. The summed E-state index contributed by atoms with van der Waals surface area (Å²) >= 11 is 3.44. The topological polar surface area (TPSA) is 71.3 Å². The largest absolute Gasteiger partial charge is 0.338 e. The molecule has 2 heterocycles. The molecule has 3 aromatic rings. The SMILES string of the molecule is O=C(Nc1cccc(F)c1)C1CCCN(Cc2nc(-c3cccc(Br)c3)no2)C1. The molecule has 0 saturated carbocycles. The maximum absolute atomic E-state index is 13.3. The van der Waals surface area contributed by atoms with Crippen molar-refractivity contribution >= 4 is 27.5 Å². The minimum absolute atomic E-state index is 0.0966.